The van der Waals surface area contributed by atoms with E-state index in [1.54, 1.807) is 7.11 Å². The first-order valence-corrected chi connectivity index (χ1v) is 6.13. The summed E-state index contributed by atoms with van der Waals surface area (Å²) in [6.07, 6.45) is 4.82. The Morgan fingerprint density at radius 1 is 1.44 bits per heavy atom. The summed E-state index contributed by atoms with van der Waals surface area (Å²) < 4.78 is 7.33. The van der Waals surface area contributed by atoms with Crippen LogP contribution in [0.2, 0.25) is 0 Å². The number of rotatable bonds is 4. The lowest BCUT2D eigenvalue weighted by atomic mass is 10.1. The van der Waals surface area contributed by atoms with Crippen molar-refractivity contribution in [1.82, 2.24) is 9.55 Å². The summed E-state index contributed by atoms with van der Waals surface area (Å²) in [6, 6.07) is 5.77. The van der Waals surface area contributed by atoms with Gasteiger partial charge >= 0.3 is 0 Å². The van der Waals surface area contributed by atoms with Crippen LogP contribution < -0.4 is 10.5 Å². The normalized spacial score (nSPS) is 12.4. The van der Waals surface area contributed by atoms with Crippen LogP contribution in [-0.4, -0.2) is 16.7 Å². The van der Waals surface area contributed by atoms with E-state index in [9.17, 15) is 0 Å². The molecule has 2 aromatic rings. The van der Waals surface area contributed by atoms with Crippen LogP contribution >= 0.6 is 0 Å². The molecular weight excluding hydrogens is 226 g/mol. The molecule has 1 atom stereocenters. The van der Waals surface area contributed by atoms with Gasteiger partial charge in [-0.1, -0.05) is 13.8 Å². The van der Waals surface area contributed by atoms with Crippen LogP contribution in [-0.2, 0) is 0 Å². The number of anilines is 1. The van der Waals surface area contributed by atoms with Crippen LogP contribution in [0, 0.1) is 0 Å². The van der Waals surface area contributed by atoms with Gasteiger partial charge in [-0.2, -0.15) is 0 Å². The topological polar surface area (TPSA) is 53.1 Å². The zero-order chi connectivity index (χ0) is 13.1. The lowest BCUT2D eigenvalue weighted by Crippen LogP contribution is -2.03. The highest BCUT2D eigenvalue weighted by Gasteiger charge is 2.11. The fourth-order valence-electron chi connectivity index (χ4n) is 1.94. The third-order valence-corrected chi connectivity index (χ3v) is 3.28. The van der Waals surface area contributed by atoms with E-state index in [0.29, 0.717) is 17.4 Å². The summed E-state index contributed by atoms with van der Waals surface area (Å²) >= 11 is 0. The van der Waals surface area contributed by atoms with Crippen LogP contribution in [0.1, 0.15) is 31.9 Å². The molecule has 0 fully saturated rings. The van der Waals surface area contributed by atoms with E-state index in [2.05, 4.69) is 23.4 Å². The van der Waals surface area contributed by atoms with Crippen molar-refractivity contribution in [2.75, 3.05) is 12.8 Å². The van der Waals surface area contributed by atoms with Gasteiger partial charge in [-0.05, 0) is 24.5 Å². The molecule has 1 unspecified atom stereocenters. The highest BCUT2D eigenvalue weighted by Crippen LogP contribution is 2.27. The largest absolute Gasteiger partial charge is 0.495 e. The smallest absolute Gasteiger partial charge is 0.143 e. The number of imidazole rings is 1. The highest BCUT2D eigenvalue weighted by atomic mass is 16.5. The molecule has 0 saturated heterocycles. The molecule has 1 aromatic heterocycles. The molecule has 18 heavy (non-hydrogen) atoms. The number of aromatic nitrogens is 2. The molecule has 2 N–H and O–H groups in total. The first-order chi connectivity index (χ1) is 8.67. The lowest BCUT2D eigenvalue weighted by molar-refractivity contribution is 0.416. The molecule has 4 nitrogen and oxygen atoms in total. The van der Waals surface area contributed by atoms with Crippen LogP contribution in [0.5, 0.6) is 5.75 Å². The van der Waals surface area contributed by atoms with E-state index < -0.39 is 0 Å². The van der Waals surface area contributed by atoms with Crippen molar-refractivity contribution < 1.29 is 4.74 Å². The monoisotopic (exact) mass is 245 g/mol. The average molecular weight is 245 g/mol. The van der Waals surface area contributed by atoms with Gasteiger partial charge in [0.05, 0.1) is 24.8 Å². The molecule has 0 aliphatic carbocycles. The van der Waals surface area contributed by atoms with E-state index in [0.717, 1.165) is 12.1 Å². The summed E-state index contributed by atoms with van der Waals surface area (Å²) in [5.74, 6) is 1.16. The number of nitrogens with two attached hydrogens (primary N) is 1. The fourth-order valence-corrected chi connectivity index (χ4v) is 1.94. The first-order valence-electron chi connectivity index (χ1n) is 6.13. The van der Waals surface area contributed by atoms with Crippen molar-refractivity contribution in [1.29, 1.82) is 0 Å². The minimum absolute atomic E-state index is 0.469. The zero-order valence-electron chi connectivity index (χ0n) is 11.1. The second kappa shape index (κ2) is 5.12. The van der Waals surface area contributed by atoms with Crippen molar-refractivity contribution in [2.45, 2.75) is 26.2 Å². The Hall–Kier alpha value is -1.97. The standard InChI is InChI=1S/C14H19N3O/c1-4-10(2)13-8-16-9-17(13)11-5-6-12(15)14(7-11)18-3/h5-10H,4,15H2,1-3H3. The third kappa shape index (κ3) is 2.18. The van der Waals surface area contributed by atoms with Crippen molar-refractivity contribution >= 4 is 5.69 Å². The molecule has 0 aliphatic rings. The van der Waals surface area contributed by atoms with E-state index in [-0.39, 0.29) is 0 Å². The van der Waals surface area contributed by atoms with E-state index in [1.165, 1.54) is 5.69 Å². The maximum Gasteiger partial charge on any atom is 0.143 e. The fraction of sp³-hybridized carbons (Fsp3) is 0.357. The summed E-state index contributed by atoms with van der Waals surface area (Å²) in [5, 5.41) is 0. The van der Waals surface area contributed by atoms with Crippen molar-refractivity contribution in [3.05, 3.63) is 36.4 Å². The van der Waals surface area contributed by atoms with Crippen LogP contribution in [0.25, 0.3) is 5.69 Å². The maximum atomic E-state index is 5.83. The maximum absolute atomic E-state index is 5.83. The van der Waals surface area contributed by atoms with Gasteiger partial charge in [0.25, 0.3) is 0 Å². The molecule has 0 spiro atoms. The summed E-state index contributed by atoms with van der Waals surface area (Å²) in [5.41, 5.74) is 8.69. The van der Waals surface area contributed by atoms with Crippen molar-refractivity contribution in [3.63, 3.8) is 0 Å². The van der Waals surface area contributed by atoms with Gasteiger partial charge in [0.1, 0.15) is 5.75 Å². The Bertz CT molecular complexity index is 534. The Morgan fingerprint density at radius 3 is 2.89 bits per heavy atom. The summed E-state index contributed by atoms with van der Waals surface area (Å²) in [7, 11) is 1.62. The van der Waals surface area contributed by atoms with Gasteiger partial charge in [-0.3, -0.25) is 0 Å². The number of nitrogen functional groups attached to an aromatic ring is 1. The number of ether oxygens (including phenoxy) is 1. The number of nitrogens with zero attached hydrogens (tertiary/aromatic N) is 2. The molecule has 0 saturated carbocycles. The Morgan fingerprint density at radius 2 is 2.22 bits per heavy atom. The van der Waals surface area contributed by atoms with E-state index in [1.807, 2.05) is 30.7 Å². The van der Waals surface area contributed by atoms with Gasteiger partial charge in [0, 0.05) is 18.0 Å². The summed E-state index contributed by atoms with van der Waals surface area (Å²) in [4.78, 5) is 4.24. The second-order valence-corrected chi connectivity index (χ2v) is 4.42. The van der Waals surface area contributed by atoms with Gasteiger partial charge in [0.2, 0.25) is 0 Å². The van der Waals surface area contributed by atoms with Gasteiger partial charge in [-0.15, -0.1) is 0 Å². The number of methoxy groups -OCH3 is 1. The molecular formula is C14H19N3O. The predicted molar refractivity (Wildman–Crippen MR) is 73.2 cm³/mol. The predicted octanol–water partition coefficient (Wildman–Crippen LogP) is 2.98. The van der Waals surface area contributed by atoms with Crippen LogP contribution in [0.4, 0.5) is 5.69 Å². The van der Waals surface area contributed by atoms with Gasteiger partial charge in [0.15, 0.2) is 0 Å². The highest BCUT2D eigenvalue weighted by molar-refractivity contribution is 5.57. The Kier molecular flexibility index (Phi) is 3.55. The second-order valence-electron chi connectivity index (χ2n) is 4.42. The molecule has 1 heterocycles. The summed E-state index contributed by atoms with van der Waals surface area (Å²) in [6.45, 7) is 4.37. The minimum Gasteiger partial charge on any atom is -0.495 e. The molecule has 4 heteroatoms. The molecule has 0 amide bonds. The Balaban J connectivity index is 2.46. The minimum atomic E-state index is 0.469. The van der Waals surface area contributed by atoms with Gasteiger partial charge in [-0.25, -0.2) is 4.98 Å². The molecule has 96 valence electrons. The number of hydrogen-bond acceptors (Lipinski definition) is 3. The molecule has 0 radical (unpaired) electrons. The van der Waals surface area contributed by atoms with E-state index in [4.69, 9.17) is 10.5 Å². The molecule has 0 aliphatic heterocycles. The van der Waals surface area contributed by atoms with Crippen molar-refractivity contribution in [2.24, 2.45) is 0 Å². The van der Waals surface area contributed by atoms with Crippen LogP contribution in [0.3, 0.4) is 0 Å². The molecule has 1 aromatic carbocycles. The molecule has 2 rings (SSSR count). The zero-order valence-corrected chi connectivity index (χ0v) is 11.1. The third-order valence-electron chi connectivity index (χ3n) is 3.28. The lowest BCUT2D eigenvalue weighted by Gasteiger charge is -2.14. The van der Waals surface area contributed by atoms with Gasteiger partial charge < -0.3 is 15.0 Å². The average Bonchev–Trinajstić information content (AvgIpc) is 2.87. The SMILES string of the molecule is CCC(C)c1cncn1-c1ccc(N)c(OC)c1. The first kappa shape index (κ1) is 12.5. The van der Waals surface area contributed by atoms with Crippen LogP contribution in [0.15, 0.2) is 30.7 Å². The number of benzene rings is 1. The Labute approximate surface area is 107 Å². The number of hydrogen-bond donors (Lipinski definition) is 1. The van der Waals surface area contributed by atoms with Crippen molar-refractivity contribution in [3.8, 4) is 11.4 Å². The molecule has 0 bridgehead atoms. The van der Waals surface area contributed by atoms with E-state index >= 15 is 0 Å². The quantitative estimate of drug-likeness (QED) is 0.842.